The third kappa shape index (κ3) is 4.41. The Balaban J connectivity index is 1.91. The number of hydrogen-bond donors (Lipinski definition) is 2. The molecule has 0 saturated carbocycles. The van der Waals surface area contributed by atoms with Crippen molar-refractivity contribution in [2.24, 2.45) is 5.73 Å². The molecule has 1 heterocycles. The van der Waals surface area contributed by atoms with Crippen LogP contribution >= 0.6 is 0 Å². The van der Waals surface area contributed by atoms with Gasteiger partial charge in [0.15, 0.2) is 5.69 Å². The van der Waals surface area contributed by atoms with Crippen LogP contribution in [0.25, 0.3) is 0 Å². The molecule has 2 aromatic rings. The largest absolute Gasteiger partial charge is 0.489 e. The first-order valence-electron chi connectivity index (χ1n) is 6.88. The standard InChI is InChI=1S/C15H17FN4O2/c1-2-11(22-12-5-3-4-10(16)8-12)9-18-14-7-6-13(15(17)21)19-20-14/h3-8,11H,2,9H2,1H3,(H2,17,21)(H,18,20). The summed E-state index contributed by atoms with van der Waals surface area (Å²) in [5, 5.41) is 10.6. The Morgan fingerprint density at radius 3 is 2.77 bits per heavy atom. The molecule has 22 heavy (non-hydrogen) atoms. The second-order valence-electron chi connectivity index (χ2n) is 4.65. The highest BCUT2D eigenvalue weighted by Crippen LogP contribution is 2.15. The number of ether oxygens (including phenoxy) is 1. The molecular formula is C15H17FN4O2. The first kappa shape index (κ1) is 15.7. The van der Waals surface area contributed by atoms with Crippen LogP contribution in [0, 0.1) is 5.82 Å². The van der Waals surface area contributed by atoms with Gasteiger partial charge in [-0.05, 0) is 30.7 Å². The number of amides is 1. The van der Waals surface area contributed by atoms with Crippen LogP contribution in [-0.2, 0) is 0 Å². The van der Waals surface area contributed by atoms with E-state index in [1.807, 2.05) is 6.92 Å². The van der Waals surface area contributed by atoms with Crippen LogP contribution in [-0.4, -0.2) is 28.8 Å². The molecule has 0 bridgehead atoms. The van der Waals surface area contributed by atoms with Gasteiger partial charge in [-0.15, -0.1) is 10.2 Å². The van der Waals surface area contributed by atoms with E-state index in [9.17, 15) is 9.18 Å². The lowest BCUT2D eigenvalue weighted by Crippen LogP contribution is -2.26. The molecule has 2 rings (SSSR count). The Morgan fingerprint density at radius 1 is 1.36 bits per heavy atom. The van der Waals surface area contributed by atoms with Crippen molar-refractivity contribution in [3.05, 3.63) is 47.9 Å². The molecule has 1 unspecified atom stereocenters. The maximum atomic E-state index is 13.1. The molecule has 1 aromatic carbocycles. The molecule has 116 valence electrons. The normalized spacial score (nSPS) is 11.7. The Morgan fingerprint density at radius 2 is 2.18 bits per heavy atom. The van der Waals surface area contributed by atoms with Gasteiger partial charge in [0, 0.05) is 6.07 Å². The van der Waals surface area contributed by atoms with Crippen molar-refractivity contribution in [3.63, 3.8) is 0 Å². The number of aromatic nitrogens is 2. The smallest absolute Gasteiger partial charge is 0.269 e. The van der Waals surface area contributed by atoms with Gasteiger partial charge in [-0.3, -0.25) is 4.79 Å². The molecule has 0 aliphatic rings. The van der Waals surface area contributed by atoms with Crippen LogP contribution in [0.15, 0.2) is 36.4 Å². The highest BCUT2D eigenvalue weighted by Gasteiger charge is 2.10. The molecule has 7 heteroatoms. The maximum Gasteiger partial charge on any atom is 0.269 e. The molecular weight excluding hydrogens is 287 g/mol. The molecule has 0 radical (unpaired) electrons. The summed E-state index contributed by atoms with van der Waals surface area (Å²) in [7, 11) is 0. The number of halogens is 1. The summed E-state index contributed by atoms with van der Waals surface area (Å²) in [6.07, 6.45) is 0.579. The second kappa shape index (κ2) is 7.35. The Hall–Kier alpha value is -2.70. The molecule has 1 amide bonds. The Labute approximate surface area is 127 Å². The third-order valence-corrected chi connectivity index (χ3v) is 2.98. The molecule has 0 saturated heterocycles. The fraction of sp³-hybridized carbons (Fsp3) is 0.267. The minimum Gasteiger partial charge on any atom is -0.489 e. The minimum atomic E-state index is -0.625. The fourth-order valence-electron chi connectivity index (χ4n) is 1.78. The zero-order chi connectivity index (χ0) is 15.9. The zero-order valence-electron chi connectivity index (χ0n) is 12.1. The van der Waals surface area contributed by atoms with Crippen LogP contribution < -0.4 is 15.8 Å². The number of hydrogen-bond acceptors (Lipinski definition) is 5. The van der Waals surface area contributed by atoms with Crippen LogP contribution in [0.1, 0.15) is 23.8 Å². The maximum absolute atomic E-state index is 13.1. The summed E-state index contributed by atoms with van der Waals surface area (Å²) in [4.78, 5) is 10.9. The van der Waals surface area contributed by atoms with Crippen molar-refractivity contribution in [3.8, 4) is 5.75 Å². The molecule has 0 spiro atoms. The Kier molecular flexibility index (Phi) is 5.24. The molecule has 3 N–H and O–H groups in total. The van der Waals surface area contributed by atoms with Gasteiger partial charge < -0.3 is 15.8 Å². The number of primary amides is 1. The monoisotopic (exact) mass is 304 g/mol. The lowest BCUT2D eigenvalue weighted by atomic mass is 10.2. The average molecular weight is 304 g/mol. The quantitative estimate of drug-likeness (QED) is 0.816. The number of nitrogens with one attached hydrogen (secondary N) is 1. The summed E-state index contributed by atoms with van der Waals surface area (Å²) < 4.78 is 18.8. The van der Waals surface area contributed by atoms with Crippen molar-refractivity contribution in [2.75, 3.05) is 11.9 Å². The summed E-state index contributed by atoms with van der Waals surface area (Å²) in [6, 6.07) is 9.10. The molecule has 1 atom stereocenters. The minimum absolute atomic E-state index is 0.105. The predicted octanol–water partition coefficient (Wildman–Crippen LogP) is 1.98. The topological polar surface area (TPSA) is 90.1 Å². The number of carbonyl (C=O) groups excluding carboxylic acids is 1. The first-order chi connectivity index (χ1) is 10.6. The van der Waals surface area contributed by atoms with Gasteiger partial charge in [-0.1, -0.05) is 13.0 Å². The molecule has 0 aliphatic heterocycles. The average Bonchev–Trinajstić information content (AvgIpc) is 2.52. The predicted molar refractivity (Wildman–Crippen MR) is 80.1 cm³/mol. The van der Waals surface area contributed by atoms with Crippen LogP contribution in [0.2, 0.25) is 0 Å². The van der Waals surface area contributed by atoms with Crippen molar-refractivity contribution >= 4 is 11.7 Å². The van der Waals surface area contributed by atoms with E-state index in [2.05, 4.69) is 15.5 Å². The van der Waals surface area contributed by atoms with E-state index in [0.29, 0.717) is 18.1 Å². The van der Waals surface area contributed by atoms with E-state index in [1.54, 1.807) is 18.2 Å². The zero-order valence-corrected chi connectivity index (χ0v) is 12.1. The van der Waals surface area contributed by atoms with E-state index < -0.39 is 5.91 Å². The van der Waals surface area contributed by atoms with Crippen molar-refractivity contribution in [2.45, 2.75) is 19.4 Å². The summed E-state index contributed by atoms with van der Waals surface area (Å²) >= 11 is 0. The second-order valence-corrected chi connectivity index (χ2v) is 4.65. The number of carbonyl (C=O) groups is 1. The fourth-order valence-corrected chi connectivity index (χ4v) is 1.78. The van der Waals surface area contributed by atoms with Crippen LogP contribution in [0.4, 0.5) is 10.2 Å². The number of anilines is 1. The van der Waals surface area contributed by atoms with Crippen LogP contribution in [0.3, 0.4) is 0 Å². The number of rotatable bonds is 7. The third-order valence-electron chi connectivity index (χ3n) is 2.98. The molecule has 6 nitrogen and oxygen atoms in total. The summed E-state index contributed by atoms with van der Waals surface area (Å²) in [5.74, 6) is 0.0169. The van der Waals surface area contributed by atoms with Gasteiger partial charge in [0.2, 0.25) is 0 Å². The summed E-state index contributed by atoms with van der Waals surface area (Å²) in [5.41, 5.74) is 5.20. The number of benzene rings is 1. The van der Waals surface area contributed by atoms with Crippen molar-refractivity contribution in [1.29, 1.82) is 0 Å². The van der Waals surface area contributed by atoms with Gasteiger partial charge in [-0.25, -0.2) is 4.39 Å². The number of nitrogens with two attached hydrogens (primary N) is 1. The lowest BCUT2D eigenvalue weighted by molar-refractivity contribution is 0.0994. The van der Waals surface area contributed by atoms with Gasteiger partial charge >= 0.3 is 0 Å². The van der Waals surface area contributed by atoms with Gasteiger partial charge in [0.1, 0.15) is 23.5 Å². The highest BCUT2D eigenvalue weighted by molar-refractivity contribution is 5.90. The lowest BCUT2D eigenvalue weighted by Gasteiger charge is -2.18. The SMILES string of the molecule is CCC(CNc1ccc(C(N)=O)nn1)Oc1cccc(F)c1. The van der Waals surface area contributed by atoms with E-state index in [0.717, 1.165) is 6.42 Å². The van der Waals surface area contributed by atoms with E-state index in [1.165, 1.54) is 18.2 Å². The Bertz CT molecular complexity index is 634. The van der Waals surface area contributed by atoms with Gasteiger partial charge in [-0.2, -0.15) is 0 Å². The van der Waals surface area contributed by atoms with Gasteiger partial charge in [0.25, 0.3) is 5.91 Å². The van der Waals surface area contributed by atoms with E-state index >= 15 is 0 Å². The molecule has 0 aliphatic carbocycles. The highest BCUT2D eigenvalue weighted by atomic mass is 19.1. The van der Waals surface area contributed by atoms with Gasteiger partial charge in [0.05, 0.1) is 6.54 Å². The molecule has 1 aromatic heterocycles. The molecule has 0 fully saturated rings. The first-order valence-corrected chi connectivity index (χ1v) is 6.88. The van der Waals surface area contributed by atoms with Crippen molar-refractivity contribution in [1.82, 2.24) is 10.2 Å². The van der Waals surface area contributed by atoms with E-state index in [-0.39, 0.29) is 17.6 Å². The van der Waals surface area contributed by atoms with E-state index in [4.69, 9.17) is 10.5 Å². The summed E-state index contributed by atoms with van der Waals surface area (Å²) in [6.45, 7) is 2.44. The number of nitrogens with zero attached hydrogens (tertiary/aromatic N) is 2. The van der Waals surface area contributed by atoms with Crippen molar-refractivity contribution < 1.29 is 13.9 Å². The van der Waals surface area contributed by atoms with Crippen LogP contribution in [0.5, 0.6) is 5.75 Å².